The predicted octanol–water partition coefficient (Wildman–Crippen LogP) is 5.29. The lowest BCUT2D eigenvalue weighted by molar-refractivity contribution is -0.139. The molecule has 1 heterocycles. The van der Waals surface area contributed by atoms with Gasteiger partial charge in [-0.2, -0.15) is 0 Å². The van der Waals surface area contributed by atoms with Crippen molar-refractivity contribution in [1.29, 1.82) is 0 Å². The monoisotopic (exact) mass is 683 g/mol. The predicted molar refractivity (Wildman–Crippen MR) is 141 cm³/mol. The number of furan rings is 1. The smallest absolute Gasteiger partial charge is 0.341 e. The summed E-state index contributed by atoms with van der Waals surface area (Å²) >= 11 is 3.98. The lowest BCUT2D eigenvalue weighted by Gasteiger charge is -2.10. The van der Waals surface area contributed by atoms with Crippen LogP contribution >= 0.6 is 45.2 Å². The number of aliphatic carboxylic acids is 1. The van der Waals surface area contributed by atoms with E-state index in [-0.39, 0.29) is 23.2 Å². The third kappa shape index (κ3) is 5.33. The summed E-state index contributed by atoms with van der Waals surface area (Å²) in [5.74, 6) is -1.17. The first kappa shape index (κ1) is 24.0. The Morgan fingerprint density at radius 3 is 2.24 bits per heavy atom. The summed E-state index contributed by atoms with van der Waals surface area (Å²) in [6.45, 7) is -0.478. The van der Waals surface area contributed by atoms with Gasteiger partial charge in [0.1, 0.15) is 17.1 Å². The van der Waals surface area contributed by atoms with Crippen LogP contribution < -0.4 is 10.1 Å². The number of hydrogen-bond donors (Lipinski definition) is 3. The molecule has 3 N–H and O–H groups in total. The molecule has 3 aromatic carbocycles. The van der Waals surface area contributed by atoms with Crippen LogP contribution in [0.2, 0.25) is 0 Å². The van der Waals surface area contributed by atoms with E-state index in [4.69, 9.17) is 14.3 Å². The average Bonchev–Trinajstić information content (AvgIpc) is 3.21. The first-order valence-corrected chi connectivity index (χ1v) is 11.9. The van der Waals surface area contributed by atoms with Crippen molar-refractivity contribution in [2.75, 3.05) is 11.9 Å². The van der Waals surface area contributed by atoms with Crippen LogP contribution in [0.4, 0.5) is 5.69 Å². The largest absolute Gasteiger partial charge is 0.508 e. The Morgan fingerprint density at radius 1 is 0.912 bits per heavy atom. The maximum atomic E-state index is 13.0. The van der Waals surface area contributed by atoms with Gasteiger partial charge in [0, 0.05) is 22.2 Å². The molecule has 0 spiro atoms. The molecular weight excluding hydrogens is 668 g/mol. The van der Waals surface area contributed by atoms with Gasteiger partial charge in [0.05, 0.1) is 7.14 Å². The van der Waals surface area contributed by atoms with Crippen molar-refractivity contribution in [1.82, 2.24) is 0 Å². The van der Waals surface area contributed by atoms with E-state index >= 15 is 0 Å². The molecule has 34 heavy (non-hydrogen) atoms. The highest BCUT2D eigenvalue weighted by molar-refractivity contribution is 14.1. The molecule has 172 valence electrons. The van der Waals surface area contributed by atoms with E-state index in [0.29, 0.717) is 40.7 Å². The fourth-order valence-corrected chi connectivity index (χ4v) is 5.23. The number of fused-ring (bicyclic) bond motifs is 1. The zero-order valence-electron chi connectivity index (χ0n) is 17.2. The van der Waals surface area contributed by atoms with E-state index in [2.05, 4.69) is 5.32 Å². The van der Waals surface area contributed by atoms with Crippen LogP contribution in [0.5, 0.6) is 11.5 Å². The van der Waals surface area contributed by atoms with E-state index < -0.39 is 12.6 Å². The molecule has 0 aliphatic carbocycles. The van der Waals surface area contributed by atoms with Crippen molar-refractivity contribution >= 4 is 79.5 Å². The van der Waals surface area contributed by atoms with E-state index in [0.717, 1.165) is 0 Å². The molecule has 4 aromatic rings. The number of amides is 1. The quantitative estimate of drug-likeness (QED) is 0.179. The highest BCUT2D eigenvalue weighted by Crippen LogP contribution is 2.31. The number of aromatic hydroxyl groups is 1. The molecule has 0 saturated heterocycles. The van der Waals surface area contributed by atoms with Gasteiger partial charge in [-0.3, -0.25) is 9.59 Å². The maximum absolute atomic E-state index is 13.0. The summed E-state index contributed by atoms with van der Waals surface area (Å²) in [5, 5.41) is 21.6. The SMILES string of the molecule is O=C(O)COc1c(I)cc(C(=O)c2cc3cc(NC(=O)c4ccc(O)cc4)ccc3o2)cc1I. The van der Waals surface area contributed by atoms with Gasteiger partial charge in [-0.15, -0.1) is 0 Å². The Balaban J connectivity index is 1.56. The van der Waals surface area contributed by atoms with Gasteiger partial charge >= 0.3 is 5.97 Å². The molecule has 1 amide bonds. The molecule has 1 aromatic heterocycles. The Bertz CT molecular complexity index is 1400. The lowest BCUT2D eigenvalue weighted by Crippen LogP contribution is -2.11. The number of benzene rings is 3. The fraction of sp³-hybridized carbons (Fsp3) is 0.0417. The highest BCUT2D eigenvalue weighted by atomic mass is 127. The van der Waals surface area contributed by atoms with E-state index in [1.54, 1.807) is 36.4 Å². The lowest BCUT2D eigenvalue weighted by atomic mass is 10.1. The number of rotatable bonds is 7. The molecule has 0 fully saturated rings. The second-order valence-electron chi connectivity index (χ2n) is 7.14. The summed E-state index contributed by atoms with van der Waals surface area (Å²) in [5.41, 5.74) is 1.77. The Hall–Kier alpha value is -3.13. The van der Waals surface area contributed by atoms with E-state index in [9.17, 15) is 19.5 Å². The Labute approximate surface area is 220 Å². The van der Waals surface area contributed by atoms with Crippen LogP contribution in [-0.4, -0.2) is 34.5 Å². The fourth-order valence-electron chi connectivity index (χ4n) is 3.15. The highest BCUT2D eigenvalue weighted by Gasteiger charge is 2.19. The van der Waals surface area contributed by atoms with Crippen LogP contribution in [0, 0.1) is 7.14 Å². The molecule has 0 bridgehead atoms. The molecule has 8 nitrogen and oxygen atoms in total. The molecule has 0 aliphatic heterocycles. The standard InChI is InChI=1S/C24H15I2NO7/c25-17-8-14(9-18(26)23(17)33-11-21(29)30)22(31)20-10-13-7-15(3-6-19(13)34-20)27-24(32)12-1-4-16(28)5-2-12/h1-10,28H,11H2,(H,27,32)(H,29,30). The Kier molecular flexibility index (Phi) is 7.07. The third-order valence-electron chi connectivity index (χ3n) is 4.73. The van der Waals surface area contributed by atoms with Gasteiger partial charge in [0.25, 0.3) is 5.91 Å². The van der Waals surface area contributed by atoms with Gasteiger partial charge < -0.3 is 24.7 Å². The summed E-state index contributed by atoms with van der Waals surface area (Å²) in [7, 11) is 0. The van der Waals surface area contributed by atoms with Crippen LogP contribution in [0.3, 0.4) is 0 Å². The molecule has 0 radical (unpaired) electrons. The van der Waals surface area contributed by atoms with Gasteiger partial charge in [-0.05, 0) is 106 Å². The minimum atomic E-state index is -1.09. The average molecular weight is 683 g/mol. The zero-order chi connectivity index (χ0) is 24.4. The molecule has 4 rings (SSSR count). The van der Waals surface area contributed by atoms with Gasteiger partial charge in [-0.25, -0.2) is 4.79 Å². The number of phenols is 1. The summed E-state index contributed by atoms with van der Waals surface area (Å²) in [6, 6.07) is 15.7. The maximum Gasteiger partial charge on any atom is 0.341 e. The molecular formula is C24H15I2NO7. The molecule has 10 heteroatoms. The number of carboxylic acids is 1. The number of carbonyl (C=O) groups excluding carboxylic acids is 2. The Morgan fingerprint density at radius 2 is 1.59 bits per heavy atom. The van der Waals surface area contributed by atoms with Crippen molar-refractivity contribution in [3.05, 3.63) is 84.7 Å². The van der Waals surface area contributed by atoms with Crippen LogP contribution in [0.15, 0.2) is 65.1 Å². The molecule has 0 aliphatic rings. The van der Waals surface area contributed by atoms with Crippen molar-refractivity contribution in [2.45, 2.75) is 0 Å². The normalized spacial score (nSPS) is 10.8. The molecule has 0 unspecified atom stereocenters. The number of nitrogens with one attached hydrogen (secondary N) is 1. The van der Waals surface area contributed by atoms with Gasteiger partial charge in [0.15, 0.2) is 12.4 Å². The van der Waals surface area contributed by atoms with Crippen molar-refractivity contribution in [2.24, 2.45) is 0 Å². The number of halogens is 2. The molecule has 0 saturated carbocycles. The second kappa shape index (κ2) is 10.0. The number of ether oxygens (including phenoxy) is 1. The minimum absolute atomic E-state index is 0.0698. The van der Waals surface area contributed by atoms with Gasteiger partial charge in [0.2, 0.25) is 5.78 Å². The van der Waals surface area contributed by atoms with E-state index in [1.807, 2.05) is 45.2 Å². The number of hydrogen-bond acceptors (Lipinski definition) is 6. The minimum Gasteiger partial charge on any atom is -0.508 e. The second-order valence-corrected chi connectivity index (χ2v) is 9.47. The van der Waals surface area contributed by atoms with Gasteiger partial charge in [-0.1, -0.05) is 0 Å². The van der Waals surface area contributed by atoms with Crippen LogP contribution in [-0.2, 0) is 4.79 Å². The zero-order valence-corrected chi connectivity index (χ0v) is 21.5. The third-order valence-corrected chi connectivity index (χ3v) is 6.33. The number of carbonyl (C=O) groups is 3. The van der Waals surface area contributed by atoms with Crippen LogP contribution in [0.25, 0.3) is 11.0 Å². The van der Waals surface area contributed by atoms with Crippen molar-refractivity contribution in [3.63, 3.8) is 0 Å². The van der Waals surface area contributed by atoms with Crippen molar-refractivity contribution < 1.29 is 33.8 Å². The van der Waals surface area contributed by atoms with E-state index in [1.165, 1.54) is 24.3 Å². The summed E-state index contributed by atoms with van der Waals surface area (Å²) in [6.07, 6.45) is 0. The first-order chi connectivity index (χ1) is 16.2. The molecule has 0 atom stereocenters. The number of phenolic OH excluding ortho intramolecular Hbond substituents is 1. The summed E-state index contributed by atoms with van der Waals surface area (Å²) in [4.78, 5) is 36.2. The van der Waals surface area contributed by atoms with Crippen LogP contribution in [0.1, 0.15) is 26.5 Å². The van der Waals surface area contributed by atoms with Crippen molar-refractivity contribution in [3.8, 4) is 11.5 Å². The number of anilines is 1. The number of ketones is 1. The number of carboxylic acid groups (broad SMARTS) is 1. The summed E-state index contributed by atoms with van der Waals surface area (Å²) < 4.78 is 12.2. The topological polar surface area (TPSA) is 126 Å². The first-order valence-electron chi connectivity index (χ1n) is 9.73.